The molecule has 1 saturated heterocycles. The lowest BCUT2D eigenvalue weighted by Crippen LogP contribution is -2.19. The number of aromatic nitrogens is 2. The second kappa shape index (κ2) is 16.4. The molecule has 0 unspecified atom stereocenters. The predicted molar refractivity (Wildman–Crippen MR) is 112 cm³/mol. The highest BCUT2D eigenvalue weighted by molar-refractivity contribution is 6.32. The Kier molecular flexibility index (Phi) is 14.9. The highest BCUT2D eigenvalue weighted by atomic mass is 35.5. The maximum atomic E-state index is 11.8. The minimum absolute atomic E-state index is 0.111. The van der Waals surface area contributed by atoms with Crippen LogP contribution in [0.25, 0.3) is 0 Å². The number of pyridine rings is 2. The van der Waals surface area contributed by atoms with Gasteiger partial charge in [0.2, 0.25) is 5.75 Å². The Hall–Kier alpha value is -3.31. The van der Waals surface area contributed by atoms with Crippen LogP contribution >= 0.6 is 11.6 Å². The highest BCUT2D eigenvalue weighted by Gasteiger charge is 2.30. The van der Waals surface area contributed by atoms with Crippen LogP contribution in [0.3, 0.4) is 0 Å². The van der Waals surface area contributed by atoms with Crippen molar-refractivity contribution in [3.05, 3.63) is 62.2 Å². The Labute approximate surface area is 203 Å². The van der Waals surface area contributed by atoms with Gasteiger partial charge in [-0.25, -0.2) is 0 Å². The van der Waals surface area contributed by atoms with E-state index in [9.17, 15) is 46.6 Å². The maximum absolute atomic E-state index is 11.8. The van der Waals surface area contributed by atoms with Crippen LogP contribution < -0.4 is 4.74 Å². The third-order valence-corrected chi connectivity index (χ3v) is 3.62. The summed E-state index contributed by atoms with van der Waals surface area (Å²) in [5.41, 5.74) is -0.758. The van der Waals surface area contributed by atoms with E-state index in [-0.39, 0.29) is 10.7 Å². The van der Waals surface area contributed by atoms with E-state index in [2.05, 4.69) is 14.7 Å². The molecule has 18 heteroatoms. The number of rotatable bonds is 4. The molecule has 3 rings (SSSR count). The molecule has 3 heterocycles. The van der Waals surface area contributed by atoms with E-state index >= 15 is 0 Å². The molecule has 1 N–H and O–H groups in total. The maximum Gasteiger partial charge on any atom is 0.422 e. The van der Waals surface area contributed by atoms with Crippen molar-refractivity contribution >= 4 is 23.0 Å². The third kappa shape index (κ3) is 16.3. The molecule has 1 aliphatic rings. The highest BCUT2D eigenvalue weighted by Crippen LogP contribution is 2.26. The summed E-state index contributed by atoms with van der Waals surface area (Å²) in [6, 6.07) is 2.38. The second-order valence-electron chi connectivity index (χ2n) is 6.18. The molecule has 11 nitrogen and oxygen atoms in total. The molecular formula is C18H19ClF6N4O7. The average molecular weight is 553 g/mol. The molecule has 0 amide bonds. The first kappa shape index (κ1) is 32.7. The van der Waals surface area contributed by atoms with Crippen LogP contribution in [0.1, 0.15) is 12.8 Å². The first-order valence-electron chi connectivity index (χ1n) is 9.45. The van der Waals surface area contributed by atoms with E-state index in [1.807, 2.05) is 0 Å². The minimum Gasteiger partial charge on any atom is -0.477 e. The summed E-state index contributed by atoms with van der Waals surface area (Å²) >= 11 is 5.44. The van der Waals surface area contributed by atoms with Gasteiger partial charge in [0, 0.05) is 31.7 Å². The first-order chi connectivity index (χ1) is 16.7. The van der Waals surface area contributed by atoms with Crippen molar-refractivity contribution < 1.29 is 50.8 Å². The lowest BCUT2D eigenvalue weighted by atomic mass is 10.4. The standard InChI is InChI=1S/C7H5F3N2O3.C5H3ClN2O2.C4H8O.C2H3F3O/c8-7(9,10)4-15-6-1-2-11-3-5(6)12(13)14;6-4-1-2-7-3-5(4)8(9)10;1-2-4-5-3-1;3-2(4,5)1-6/h1-3H,4H2;1-3H;1-4H2;6H,1H2. The van der Waals surface area contributed by atoms with Crippen molar-refractivity contribution in [2.45, 2.75) is 25.2 Å². The first-order valence-corrected chi connectivity index (χ1v) is 9.83. The summed E-state index contributed by atoms with van der Waals surface area (Å²) in [6.45, 7) is -1.30. The summed E-state index contributed by atoms with van der Waals surface area (Å²) < 4.78 is 76.1. The van der Waals surface area contributed by atoms with Crippen LogP contribution in [0, 0.1) is 20.2 Å². The number of ether oxygens (including phenoxy) is 2. The molecule has 0 saturated carbocycles. The SMILES string of the molecule is C1CCOC1.O=[N+]([O-])c1cnccc1Cl.O=[N+]([O-])c1cnccc1OCC(F)(F)F.OCC(F)(F)F. The fourth-order valence-electron chi connectivity index (χ4n) is 1.81. The van der Waals surface area contributed by atoms with Crippen LogP contribution in [0.4, 0.5) is 37.7 Å². The Balaban J connectivity index is 0.000000499. The molecule has 1 aliphatic heterocycles. The van der Waals surface area contributed by atoms with Crippen LogP contribution in [-0.4, -0.2) is 63.7 Å². The van der Waals surface area contributed by atoms with E-state index in [0.29, 0.717) is 0 Å². The molecule has 1 fully saturated rings. The van der Waals surface area contributed by atoms with E-state index in [1.165, 1.54) is 25.1 Å². The van der Waals surface area contributed by atoms with Crippen molar-refractivity contribution in [2.75, 3.05) is 26.4 Å². The van der Waals surface area contributed by atoms with Crippen LogP contribution in [-0.2, 0) is 4.74 Å². The molecule has 2 aromatic rings. The average Bonchev–Trinajstić information content (AvgIpc) is 3.38. The van der Waals surface area contributed by atoms with E-state index in [4.69, 9.17) is 21.4 Å². The molecule has 0 spiro atoms. The Morgan fingerprint density at radius 3 is 1.75 bits per heavy atom. The molecule has 0 radical (unpaired) electrons. The zero-order valence-corrected chi connectivity index (χ0v) is 18.8. The van der Waals surface area contributed by atoms with E-state index in [0.717, 1.165) is 37.9 Å². The smallest absolute Gasteiger partial charge is 0.422 e. The van der Waals surface area contributed by atoms with Gasteiger partial charge in [-0.3, -0.25) is 30.2 Å². The molecule has 0 atom stereocenters. The van der Waals surface area contributed by atoms with Crippen molar-refractivity contribution in [3.8, 4) is 5.75 Å². The van der Waals surface area contributed by atoms with Gasteiger partial charge in [-0.15, -0.1) is 0 Å². The number of aliphatic hydroxyl groups excluding tert-OH is 1. The lowest BCUT2D eigenvalue weighted by Gasteiger charge is -2.08. The van der Waals surface area contributed by atoms with E-state index < -0.39 is 46.8 Å². The summed E-state index contributed by atoms with van der Waals surface area (Å²) in [5, 5.41) is 27.8. The van der Waals surface area contributed by atoms with Crippen LogP contribution in [0.5, 0.6) is 5.75 Å². The number of nitrogens with zero attached hydrogens (tertiary/aromatic N) is 4. The number of halogens is 7. The molecule has 0 bridgehead atoms. The molecular weight excluding hydrogens is 534 g/mol. The van der Waals surface area contributed by atoms with Gasteiger partial charge in [0.25, 0.3) is 0 Å². The zero-order chi connectivity index (χ0) is 27.8. The molecule has 36 heavy (non-hydrogen) atoms. The van der Waals surface area contributed by atoms with Crippen LogP contribution in [0.2, 0.25) is 5.02 Å². The van der Waals surface area contributed by atoms with Gasteiger partial charge in [0.05, 0.1) is 9.85 Å². The van der Waals surface area contributed by atoms with Crippen molar-refractivity contribution in [1.29, 1.82) is 0 Å². The normalized spacial score (nSPS) is 12.6. The zero-order valence-electron chi connectivity index (χ0n) is 18.0. The van der Waals surface area contributed by atoms with Gasteiger partial charge in [-0.1, -0.05) is 11.6 Å². The largest absolute Gasteiger partial charge is 0.477 e. The fraction of sp³-hybridized carbons (Fsp3) is 0.444. The monoisotopic (exact) mass is 552 g/mol. The molecule has 2 aromatic heterocycles. The fourth-order valence-corrected chi connectivity index (χ4v) is 1.98. The summed E-state index contributed by atoms with van der Waals surface area (Å²) in [7, 11) is 0. The summed E-state index contributed by atoms with van der Waals surface area (Å²) in [5.74, 6) is -0.452. The predicted octanol–water partition coefficient (Wildman–Crippen LogP) is 4.91. The molecule has 202 valence electrons. The second-order valence-corrected chi connectivity index (χ2v) is 6.59. The third-order valence-electron chi connectivity index (χ3n) is 3.30. The quantitative estimate of drug-likeness (QED) is 0.317. The summed E-state index contributed by atoms with van der Waals surface area (Å²) in [6.07, 6.45) is -1.93. The van der Waals surface area contributed by atoms with Crippen LogP contribution in [0.15, 0.2) is 36.9 Å². The van der Waals surface area contributed by atoms with Crippen molar-refractivity contribution in [2.24, 2.45) is 0 Å². The van der Waals surface area contributed by atoms with Crippen molar-refractivity contribution in [3.63, 3.8) is 0 Å². The molecule has 0 aromatic carbocycles. The number of hydrogen-bond acceptors (Lipinski definition) is 9. The van der Waals surface area contributed by atoms with Gasteiger partial charge in [0.1, 0.15) is 24.0 Å². The van der Waals surface area contributed by atoms with Crippen molar-refractivity contribution in [1.82, 2.24) is 9.97 Å². The topological polar surface area (TPSA) is 151 Å². The number of nitro groups is 2. The van der Waals surface area contributed by atoms with E-state index in [1.54, 1.807) is 0 Å². The van der Waals surface area contributed by atoms with Gasteiger partial charge in [-0.05, 0) is 18.9 Å². The van der Waals surface area contributed by atoms with Gasteiger partial charge in [-0.2, -0.15) is 26.3 Å². The number of aliphatic hydroxyl groups is 1. The Morgan fingerprint density at radius 1 is 0.944 bits per heavy atom. The molecule has 0 aliphatic carbocycles. The Morgan fingerprint density at radius 2 is 1.42 bits per heavy atom. The summed E-state index contributed by atoms with van der Waals surface area (Å²) in [4.78, 5) is 26.0. The Bertz CT molecular complexity index is 939. The van der Waals surface area contributed by atoms with Gasteiger partial charge < -0.3 is 14.6 Å². The number of hydrogen-bond donors (Lipinski definition) is 1. The lowest BCUT2D eigenvalue weighted by molar-refractivity contribution is -0.386. The van der Waals surface area contributed by atoms with Gasteiger partial charge in [0.15, 0.2) is 6.61 Å². The minimum atomic E-state index is -4.53. The van der Waals surface area contributed by atoms with Gasteiger partial charge >= 0.3 is 23.7 Å². The number of alkyl halides is 6.